The molecular weight excluding hydrogens is 342 g/mol. The Hall–Kier alpha value is -2.39. The molecule has 2 aromatic carbocycles. The van der Waals surface area contributed by atoms with Crippen LogP contribution in [-0.4, -0.2) is 22.5 Å². The van der Waals surface area contributed by atoms with Crippen LogP contribution in [0, 0.1) is 0 Å². The molecule has 134 valence electrons. The molecule has 3 rings (SSSR count). The molecular formula is C22H24ClN3. The zero-order valence-corrected chi connectivity index (χ0v) is 15.9. The number of aromatic nitrogens is 2. The van der Waals surface area contributed by atoms with Crippen molar-refractivity contribution in [3.05, 3.63) is 71.4 Å². The predicted molar refractivity (Wildman–Crippen MR) is 111 cm³/mol. The summed E-state index contributed by atoms with van der Waals surface area (Å²) in [5.74, 6) is 0. The van der Waals surface area contributed by atoms with E-state index in [0.29, 0.717) is 5.02 Å². The lowest BCUT2D eigenvalue weighted by Gasteiger charge is -2.02. The zero-order valence-electron chi connectivity index (χ0n) is 15.1. The van der Waals surface area contributed by atoms with Gasteiger partial charge in [0.1, 0.15) is 5.69 Å². The van der Waals surface area contributed by atoms with E-state index in [2.05, 4.69) is 11.9 Å². The van der Waals surface area contributed by atoms with Crippen LogP contribution in [0.5, 0.6) is 0 Å². The molecule has 4 heteroatoms. The van der Waals surface area contributed by atoms with E-state index in [1.165, 1.54) is 19.3 Å². The van der Waals surface area contributed by atoms with Crippen LogP contribution in [0.4, 0.5) is 0 Å². The van der Waals surface area contributed by atoms with Gasteiger partial charge in [-0.3, -0.25) is 4.99 Å². The Bertz CT molecular complexity index is 853. The van der Waals surface area contributed by atoms with Crippen molar-refractivity contribution in [2.24, 2.45) is 4.99 Å². The summed E-state index contributed by atoms with van der Waals surface area (Å²) in [6.45, 7) is 3.07. The van der Waals surface area contributed by atoms with E-state index in [1.807, 2.05) is 71.7 Å². The molecule has 0 fully saturated rings. The topological polar surface area (TPSA) is 30.2 Å². The first-order valence-electron chi connectivity index (χ1n) is 9.19. The summed E-state index contributed by atoms with van der Waals surface area (Å²) < 4.78 is 1.89. The van der Waals surface area contributed by atoms with Gasteiger partial charge in [0.2, 0.25) is 0 Å². The van der Waals surface area contributed by atoms with E-state index < -0.39 is 0 Å². The second kappa shape index (κ2) is 9.35. The van der Waals surface area contributed by atoms with Gasteiger partial charge in [0, 0.05) is 30.1 Å². The van der Waals surface area contributed by atoms with Crippen LogP contribution in [0.15, 0.2) is 65.8 Å². The standard InChI is InChI=1S/C22H24ClN3/c1-2-3-4-10-15-24-16-18-17-26(19-11-6-5-7-12-19)25-22(18)20-13-8-9-14-21(20)23/h5-9,11-14,16-17H,2-4,10,15H2,1H3. The smallest absolute Gasteiger partial charge is 0.103 e. The summed E-state index contributed by atoms with van der Waals surface area (Å²) in [7, 11) is 0. The van der Waals surface area contributed by atoms with Gasteiger partial charge in [0.15, 0.2) is 0 Å². The molecule has 0 N–H and O–H groups in total. The highest BCUT2D eigenvalue weighted by molar-refractivity contribution is 6.33. The number of halogens is 1. The summed E-state index contributed by atoms with van der Waals surface area (Å²) in [6, 6.07) is 17.9. The lowest BCUT2D eigenvalue weighted by atomic mass is 10.1. The zero-order chi connectivity index (χ0) is 18.2. The average Bonchev–Trinajstić information content (AvgIpc) is 3.09. The van der Waals surface area contributed by atoms with E-state index in [1.54, 1.807) is 0 Å². The monoisotopic (exact) mass is 365 g/mol. The van der Waals surface area contributed by atoms with Crippen molar-refractivity contribution in [1.82, 2.24) is 9.78 Å². The van der Waals surface area contributed by atoms with Gasteiger partial charge < -0.3 is 0 Å². The van der Waals surface area contributed by atoms with Crippen LogP contribution in [0.25, 0.3) is 16.9 Å². The maximum Gasteiger partial charge on any atom is 0.103 e. The third-order valence-corrected chi connectivity index (χ3v) is 4.59. The Morgan fingerprint density at radius 2 is 1.77 bits per heavy atom. The van der Waals surface area contributed by atoms with Gasteiger partial charge in [-0.1, -0.05) is 74.2 Å². The lowest BCUT2D eigenvalue weighted by molar-refractivity contribution is 0.676. The van der Waals surface area contributed by atoms with E-state index >= 15 is 0 Å². The maximum atomic E-state index is 6.41. The maximum absolute atomic E-state index is 6.41. The number of rotatable bonds is 8. The summed E-state index contributed by atoms with van der Waals surface area (Å²) in [5.41, 5.74) is 3.79. The van der Waals surface area contributed by atoms with Crippen LogP contribution in [0.2, 0.25) is 5.02 Å². The molecule has 0 aliphatic heterocycles. The lowest BCUT2D eigenvalue weighted by Crippen LogP contribution is -1.94. The minimum absolute atomic E-state index is 0.698. The summed E-state index contributed by atoms with van der Waals surface area (Å²) in [6.07, 6.45) is 8.81. The van der Waals surface area contributed by atoms with Crippen molar-refractivity contribution in [2.75, 3.05) is 6.54 Å². The van der Waals surface area contributed by atoms with Crippen molar-refractivity contribution in [1.29, 1.82) is 0 Å². The van der Waals surface area contributed by atoms with E-state index in [4.69, 9.17) is 16.7 Å². The Kier molecular flexibility index (Phi) is 6.62. The molecule has 1 aromatic heterocycles. The van der Waals surface area contributed by atoms with Gasteiger partial charge in [-0.25, -0.2) is 4.68 Å². The molecule has 0 amide bonds. The average molecular weight is 366 g/mol. The minimum Gasteiger partial charge on any atom is -0.292 e. The molecule has 0 aliphatic carbocycles. The molecule has 26 heavy (non-hydrogen) atoms. The number of benzene rings is 2. The van der Waals surface area contributed by atoms with Gasteiger partial charge in [0.05, 0.1) is 10.7 Å². The quantitative estimate of drug-likeness (QED) is 0.345. The Balaban J connectivity index is 1.90. The Morgan fingerprint density at radius 3 is 2.54 bits per heavy atom. The van der Waals surface area contributed by atoms with Crippen molar-refractivity contribution >= 4 is 17.8 Å². The second-order valence-corrected chi connectivity index (χ2v) is 6.70. The number of para-hydroxylation sites is 1. The van der Waals surface area contributed by atoms with Crippen LogP contribution < -0.4 is 0 Å². The SMILES string of the molecule is CCCCCCN=Cc1cn(-c2ccccc2)nc1-c1ccccc1Cl. The number of hydrogen-bond donors (Lipinski definition) is 0. The minimum atomic E-state index is 0.698. The molecule has 0 bridgehead atoms. The molecule has 0 atom stereocenters. The van der Waals surface area contributed by atoms with Crippen molar-refractivity contribution < 1.29 is 0 Å². The third kappa shape index (κ3) is 4.61. The third-order valence-electron chi connectivity index (χ3n) is 4.26. The van der Waals surface area contributed by atoms with Crippen LogP contribution >= 0.6 is 11.6 Å². The summed E-state index contributed by atoms with van der Waals surface area (Å²) in [5, 5.41) is 5.48. The highest BCUT2D eigenvalue weighted by Crippen LogP contribution is 2.29. The molecule has 0 saturated carbocycles. The van der Waals surface area contributed by atoms with Crippen LogP contribution in [0.3, 0.4) is 0 Å². The van der Waals surface area contributed by atoms with E-state index in [0.717, 1.165) is 35.5 Å². The van der Waals surface area contributed by atoms with Crippen molar-refractivity contribution in [2.45, 2.75) is 32.6 Å². The fourth-order valence-corrected chi connectivity index (χ4v) is 3.08. The predicted octanol–water partition coefficient (Wildman–Crippen LogP) is 6.19. The van der Waals surface area contributed by atoms with Gasteiger partial charge in [-0.2, -0.15) is 5.10 Å². The number of hydrogen-bond acceptors (Lipinski definition) is 2. The molecule has 3 nitrogen and oxygen atoms in total. The fourth-order valence-electron chi connectivity index (χ4n) is 2.85. The summed E-state index contributed by atoms with van der Waals surface area (Å²) in [4.78, 5) is 4.61. The molecule has 0 saturated heterocycles. The number of aliphatic imine (C=N–C) groups is 1. The van der Waals surface area contributed by atoms with Crippen molar-refractivity contribution in [3.63, 3.8) is 0 Å². The second-order valence-electron chi connectivity index (χ2n) is 6.29. The Morgan fingerprint density at radius 1 is 1.00 bits per heavy atom. The Labute approximate surface area is 160 Å². The van der Waals surface area contributed by atoms with Crippen LogP contribution in [-0.2, 0) is 0 Å². The van der Waals surface area contributed by atoms with Gasteiger partial charge in [0.25, 0.3) is 0 Å². The van der Waals surface area contributed by atoms with E-state index in [9.17, 15) is 0 Å². The van der Waals surface area contributed by atoms with Gasteiger partial charge in [-0.05, 0) is 24.6 Å². The number of unbranched alkanes of at least 4 members (excludes halogenated alkanes) is 3. The first-order chi connectivity index (χ1) is 12.8. The first-order valence-corrected chi connectivity index (χ1v) is 9.57. The molecule has 0 spiro atoms. The van der Waals surface area contributed by atoms with Crippen molar-refractivity contribution in [3.8, 4) is 16.9 Å². The fraction of sp³-hybridized carbons (Fsp3) is 0.273. The van der Waals surface area contributed by atoms with E-state index in [-0.39, 0.29) is 0 Å². The molecule has 0 radical (unpaired) electrons. The highest BCUT2D eigenvalue weighted by atomic mass is 35.5. The first kappa shape index (κ1) is 18.4. The molecule has 0 unspecified atom stereocenters. The normalized spacial score (nSPS) is 11.3. The molecule has 3 aromatic rings. The van der Waals surface area contributed by atoms with Gasteiger partial charge >= 0.3 is 0 Å². The highest BCUT2D eigenvalue weighted by Gasteiger charge is 2.13. The largest absolute Gasteiger partial charge is 0.292 e. The molecule has 1 heterocycles. The van der Waals surface area contributed by atoms with Gasteiger partial charge in [-0.15, -0.1) is 0 Å². The summed E-state index contributed by atoms with van der Waals surface area (Å²) >= 11 is 6.41. The van der Waals surface area contributed by atoms with Crippen LogP contribution in [0.1, 0.15) is 38.2 Å². The molecule has 0 aliphatic rings. The number of nitrogens with zero attached hydrogens (tertiary/aromatic N) is 3.